The Morgan fingerprint density at radius 3 is 2.93 bits per heavy atom. The molecule has 0 saturated carbocycles. The number of aromatic nitrogens is 3. The van der Waals surface area contributed by atoms with Gasteiger partial charge in [0.25, 0.3) is 0 Å². The fourth-order valence-electron chi connectivity index (χ4n) is 1.63. The lowest BCUT2D eigenvalue weighted by Crippen LogP contribution is -1.89. The van der Waals surface area contributed by atoms with Gasteiger partial charge in [-0.3, -0.25) is 0 Å². The Labute approximate surface area is 82.8 Å². The van der Waals surface area contributed by atoms with Crippen LogP contribution < -0.4 is 0 Å². The topological polar surface area (TPSA) is 30.7 Å². The van der Waals surface area contributed by atoms with E-state index in [0.29, 0.717) is 0 Å². The van der Waals surface area contributed by atoms with Crippen LogP contribution in [0.3, 0.4) is 0 Å². The predicted molar refractivity (Wildman–Crippen MR) is 55.8 cm³/mol. The number of fused-ring (bicyclic) bond motifs is 1. The lowest BCUT2D eigenvalue weighted by molar-refractivity contribution is 0.942. The Hall–Kier alpha value is -1.82. The molecule has 0 amide bonds. The zero-order valence-corrected chi connectivity index (χ0v) is 8.50. The lowest BCUT2D eigenvalue weighted by Gasteiger charge is -1.95. The Bertz CT molecular complexity index is 541. The molecule has 0 aromatic carbocycles. The van der Waals surface area contributed by atoms with Crippen LogP contribution in [0, 0.1) is 18.8 Å². The van der Waals surface area contributed by atoms with Gasteiger partial charge >= 0.3 is 0 Å². The molecule has 2 aromatic heterocycles. The molecule has 0 radical (unpaired) electrons. The highest BCUT2D eigenvalue weighted by molar-refractivity contribution is 5.87. The van der Waals surface area contributed by atoms with Crippen LogP contribution >= 0.6 is 0 Å². The molecule has 0 atom stereocenters. The monoisotopic (exact) mass is 185 g/mol. The average Bonchev–Trinajstić information content (AvgIpc) is 2.46. The normalized spacial score (nSPS) is 9.93. The molecular formula is C11H11N3. The van der Waals surface area contributed by atoms with Crippen LogP contribution in [0.4, 0.5) is 0 Å². The highest BCUT2D eigenvalue weighted by Crippen LogP contribution is 2.20. The molecule has 0 bridgehead atoms. The van der Waals surface area contributed by atoms with Crippen molar-refractivity contribution in [3.05, 3.63) is 23.7 Å². The van der Waals surface area contributed by atoms with E-state index in [1.165, 1.54) is 0 Å². The summed E-state index contributed by atoms with van der Waals surface area (Å²) in [5.74, 6) is 5.98. The van der Waals surface area contributed by atoms with E-state index in [-0.39, 0.29) is 0 Å². The fraction of sp³-hybridized carbons (Fsp3) is 0.273. The van der Waals surface area contributed by atoms with Crippen molar-refractivity contribution in [2.24, 2.45) is 7.05 Å². The maximum absolute atomic E-state index is 4.03. The van der Waals surface area contributed by atoms with Crippen LogP contribution in [0.2, 0.25) is 0 Å². The Morgan fingerprint density at radius 1 is 1.43 bits per heavy atom. The van der Waals surface area contributed by atoms with Crippen molar-refractivity contribution in [2.45, 2.75) is 13.8 Å². The molecule has 2 aromatic rings. The van der Waals surface area contributed by atoms with E-state index in [9.17, 15) is 0 Å². The van der Waals surface area contributed by atoms with Crippen molar-refractivity contribution >= 4 is 10.9 Å². The van der Waals surface area contributed by atoms with Crippen LogP contribution in [0.1, 0.15) is 18.2 Å². The maximum atomic E-state index is 4.03. The van der Waals surface area contributed by atoms with E-state index in [2.05, 4.69) is 22.0 Å². The summed E-state index contributed by atoms with van der Waals surface area (Å²) in [5, 5.41) is 9.07. The summed E-state index contributed by atoms with van der Waals surface area (Å²) in [6.45, 7) is 3.79. The third-order valence-electron chi connectivity index (χ3n) is 2.24. The number of hydrogen-bond donors (Lipinski definition) is 0. The summed E-state index contributed by atoms with van der Waals surface area (Å²) >= 11 is 0. The van der Waals surface area contributed by atoms with Crippen LogP contribution in [-0.4, -0.2) is 14.8 Å². The van der Waals surface area contributed by atoms with Gasteiger partial charge in [0, 0.05) is 18.6 Å². The zero-order chi connectivity index (χ0) is 10.1. The minimum Gasteiger partial charge on any atom is -0.348 e. The van der Waals surface area contributed by atoms with E-state index >= 15 is 0 Å². The molecule has 2 heterocycles. The molecule has 2 rings (SSSR count). The third kappa shape index (κ3) is 1.16. The predicted octanol–water partition coefficient (Wildman–Crippen LogP) is 1.65. The summed E-state index contributed by atoms with van der Waals surface area (Å²) in [6, 6.07) is 0. The molecule has 0 aliphatic heterocycles. The molecule has 3 nitrogen and oxygen atoms in total. The summed E-state index contributed by atoms with van der Waals surface area (Å²) in [7, 11) is 1.99. The second-order valence-electron chi connectivity index (χ2n) is 3.22. The quantitative estimate of drug-likeness (QED) is 0.584. The standard InChI is InChI=1S/C11H11N3/c1-4-5-9-7-14(3)10-6-12-13-8(2)11(9)10/h6-7H,1-3H3. The van der Waals surface area contributed by atoms with Gasteiger partial charge in [0.1, 0.15) is 0 Å². The molecule has 14 heavy (non-hydrogen) atoms. The van der Waals surface area contributed by atoms with Crippen LogP contribution in [0.5, 0.6) is 0 Å². The smallest absolute Gasteiger partial charge is 0.0740 e. The molecule has 0 aliphatic carbocycles. The SMILES string of the molecule is CC#Cc1cn(C)c2cnnc(C)c12. The van der Waals surface area contributed by atoms with Crippen molar-refractivity contribution in [3.63, 3.8) is 0 Å². The Balaban J connectivity index is 2.90. The molecule has 0 aliphatic rings. The summed E-state index contributed by atoms with van der Waals surface area (Å²) in [6.07, 6.45) is 3.78. The molecular weight excluding hydrogens is 174 g/mol. The summed E-state index contributed by atoms with van der Waals surface area (Å²) in [5.41, 5.74) is 3.04. The highest BCUT2D eigenvalue weighted by atomic mass is 15.1. The first-order valence-electron chi connectivity index (χ1n) is 4.44. The van der Waals surface area contributed by atoms with Gasteiger partial charge in [-0.05, 0) is 13.8 Å². The van der Waals surface area contributed by atoms with Crippen molar-refractivity contribution in [1.82, 2.24) is 14.8 Å². The first-order chi connectivity index (χ1) is 6.74. The number of rotatable bonds is 0. The minimum atomic E-state index is 0.931. The largest absolute Gasteiger partial charge is 0.348 e. The van der Waals surface area contributed by atoms with Gasteiger partial charge in [0.2, 0.25) is 0 Å². The van der Waals surface area contributed by atoms with Crippen molar-refractivity contribution in [3.8, 4) is 11.8 Å². The molecule has 70 valence electrons. The van der Waals surface area contributed by atoms with E-state index in [4.69, 9.17) is 0 Å². The van der Waals surface area contributed by atoms with E-state index < -0.39 is 0 Å². The van der Waals surface area contributed by atoms with Gasteiger partial charge in [-0.25, -0.2) is 0 Å². The molecule has 0 fully saturated rings. The van der Waals surface area contributed by atoms with Crippen molar-refractivity contribution in [1.29, 1.82) is 0 Å². The second-order valence-corrected chi connectivity index (χ2v) is 3.22. The van der Waals surface area contributed by atoms with Gasteiger partial charge < -0.3 is 4.57 Å². The second kappa shape index (κ2) is 3.15. The summed E-state index contributed by atoms with van der Waals surface area (Å²) in [4.78, 5) is 0. The average molecular weight is 185 g/mol. The first kappa shape index (κ1) is 8.76. The lowest BCUT2D eigenvalue weighted by atomic mass is 10.2. The molecule has 0 saturated heterocycles. The van der Waals surface area contributed by atoms with Gasteiger partial charge in [-0.2, -0.15) is 10.2 Å². The Kier molecular flexibility index (Phi) is 1.97. The molecule has 0 N–H and O–H groups in total. The van der Waals surface area contributed by atoms with Gasteiger partial charge in [0.05, 0.1) is 23.0 Å². The van der Waals surface area contributed by atoms with Gasteiger partial charge in [-0.1, -0.05) is 5.92 Å². The number of aryl methyl sites for hydroxylation is 2. The fourth-order valence-corrected chi connectivity index (χ4v) is 1.63. The van der Waals surface area contributed by atoms with E-state index in [1.54, 1.807) is 6.20 Å². The van der Waals surface area contributed by atoms with Crippen molar-refractivity contribution < 1.29 is 0 Å². The number of nitrogens with zero attached hydrogens (tertiary/aromatic N) is 3. The first-order valence-corrected chi connectivity index (χ1v) is 4.44. The van der Waals surface area contributed by atoms with Crippen molar-refractivity contribution in [2.75, 3.05) is 0 Å². The highest BCUT2D eigenvalue weighted by Gasteiger charge is 2.07. The zero-order valence-electron chi connectivity index (χ0n) is 8.50. The van der Waals surface area contributed by atoms with Gasteiger partial charge in [-0.15, -0.1) is 5.92 Å². The Morgan fingerprint density at radius 2 is 2.21 bits per heavy atom. The van der Waals surface area contributed by atoms with Gasteiger partial charge in [0.15, 0.2) is 0 Å². The summed E-state index contributed by atoms with van der Waals surface area (Å²) < 4.78 is 2.02. The maximum Gasteiger partial charge on any atom is 0.0740 e. The van der Waals surface area contributed by atoms with E-state index in [1.807, 2.05) is 31.7 Å². The van der Waals surface area contributed by atoms with Crippen LogP contribution in [0.25, 0.3) is 10.9 Å². The minimum absolute atomic E-state index is 0.931. The molecule has 0 unspecified atom stereocenters. The van der Waals surface area contributed by atoms with Crippen LogP contribution in [0.15, 0.2) is 12.4 Å². The molecule has 3 heteroatoms. The molecule has 0 spiro atoms. The van der Waals surface area contributed by atoms with E-state index in [0.717, 1.165) is 22.2 Å². The number of hydrogen-bond acceptors (Lipinski definition) is 2. The third-order valence-corrected chi connectivity index (χ3v) is 2.24. The van der Waals surface area contributed by atoms with Crippen LogP contribution in [-0.2, 0) is 7.05 Å².